The van der Waals surface area contributed by atoms with Gasteiger partial charge in [-0.15, -0.1) is 0 Å². The van der Waals surface area contributed by atoms with E-state index in [-0.39, 0.29) is 0 Å². The second kappa shape index (κ2) is 3.65. The highest BCUT2D eigenvalue weighted by Crippen LogP contribution is 2.22. The fourth-order valence-electron chi connectivity index (χ4n) is 1.40. The van der Waals surface area contributed by atoms with Crippen molar-refractivity contribution in [1.82, 2.24) is 5.06 Å². The van der Waals surface area contributed by atoms with E-state index in [1.807, 2.05) is 0 Å². The van der Waals surface area contributed by atoms with Gasteiger partial charge in [0.2, 0.25) is 0 Å². The topological polar surface area (TPSA) is 104 Å². The molecule has 1 fully saturated rings. The van der Waals surface area contributed by atoms with Gasteiger partial charge in [0.15, 0.2) is 0 Å². The van der Waals surface area contributed by atoms with Gasteiger partial charge in [-0.05, 0) is 0 Å². The molecule has 0 aliphatic carbocycles. The van der Waals surface area contributed by atoms with Crippen LogP contribution in [0.15, 0.2) is 0 Å². The standard InChI is InChI=1S/C6H13NO5/c8-1-3-5(10)6(11)4(2-9)7(3)12/h3-6,8-12H,1-2H2/t3-,4-,5-,6-/m1/s1. The zero-order valence-corrected chi connectivity index (χ0v) is 6.41. The van der Waals surface area contributed by atoms with Crippen molar-refractivity contribution >= 4 is 0 Å². The average Bonchev–Trinajstić information content (AvgIpc) is 2.25. The largest absolute Gasteiger partial charge is 0.395 e. The molecule has 1 rings (SSSR count). The van der Waals surface area contributed by atoms with Gasteiger partial charge in [-0.25, -0.2) is 0 Å². The molecule has 0 bridgehead atoms. The molecule has 12 heavy (non-hydrogen) atoms. The summed E-state index contributed by atoms with van der Waals surface area (Å²) >= 11 is 0. The Balaban J connectivity index is 2.71. The first-order chi connectivity index (χ1) is 5.63. The molecule has 0 unspecified atom stereocenters. The quantitative estimate of drug-likeness (QED) is 0.312. The molecule has 0 spiro atoms. The lowest BCUT2D eigenvalue weighted by molar-refractivity contribution is -0.162. The Kier molecular flexibility index (Phi) is 2.99. The molecule has 0 saturated carbocycles. The maximum absolute atomic E-state index is 9.21. The summed E-state index contributed by atoms with van der Waals surface area (Å²) < 4.78 is 0. The Labute approximate surface area is 69.2 Å². The summed E-state index contributed by atoms with van der Waals surface area (Å²) in [6, 6.07) is -1.84. The molecule has 0 aromatic heterocycles. The minimum Gasteiger partial charge on any atom is -0.395 e. The molecule has 0 amide bonds. The number of hydrogen-bond acceptors (Lipinski definition) is 6. The van der Waals surface area contributed by atoms with Crippen LogP contribution in [-0.2, 0) is 0 Å². The van der Waals surface area contributed by atoms with Crippen LogP contribution in [0.5, 0.6) is 0 Å². The molecular formula is C6H13NO5. The van der Waals surface area contributed by atoms with E-state index in [1.54, 1.807) is 0 Å². The average molecular weight is 179 g/mol. The van der Waals surface area contributed by atoms with Crippen molar-refractivity contribution in [2.45, 2.75) is 24.3 Å². The number of rotatable bonds is 2. The fraction of sp³-hybridized carbons (Fsp3) is 1.00. The van der Waals surface area contributed by atoms with Gasteiger partial charge in [0.25, 0.3) is 0 Å². The van der Waals surface area contributed by atoms with Gasteiger partial charge in [0, 0.05) is 0 Å². The lowest BCUT2D eigenvalue weighted by Crippen LogP contribution is -2.40. The monoisotopic (exact) mass is 179 g/mol. The van der Waals surface area contributed by atoms with E-state index in [0.29, 0.717) is 5.06 Å². The first-order valence-corrected chi connectivity index (χ1v) is 3.68. The molecule has 0 radical (unpaired) electrons. The van der Waals surface area contributed by atoms with Crippen molar-refractivity contribution in [3.8, 4) is 0 Å². The number of hydrogen-bond donors (Lipinski definition) is 5. The van der Waals surface area contributed by atoms with Crippen LogP contribution >= 0.6 is 0 Å². The summed E-state index contributed by atoms with van der Waals surface area (Å²) in [7, 11) is 0. The van der Waals surface area contributed by atoms with E-state index in [9.17, 15) is 15.4 Å². The smallest absolute Gasteiger partial charge is 0.102 e. The zero-order valence-electron chi connectivity index (χ0n) is 6.41. The number of nitrogens with zero attached hydrogens (tertiary/aromatic N) is 1. The summed E-state index contributed by atoms with van der Waals surface area (Å²) in [6.45, 7) is -0.934. The lowest BCUT2D eigenvalue weighted by Gasteiger charge is -2.20. The van der Waals surface area contributed by atoms with Gasteiger partial charge in [-0.1, -0.05) is 0 Å². The molecule has 6 heteroatoms. The van der Waals surface area contributed by atoms with Gasteiger partial charge in [0.05, 0.1) is 25.3 Å². The van der Waals surface area contributed by atoms with Gasteiger partial charge in [-0.3, -0.25) is 0 Å². The van der Waals surface area contributed by atoms with Gasteiger partial charge in [-0.2, -0.15) is 5.06 Å². The highest BCUT2D eigenvalue weighted by molar-refractivity contribution is 4.96. The summed E-state index contributed by atoms with van der Waals surface area (Å²) in [6.07, 6.45) is -2.45. The van der Waals surface area contributed by atoms with E-state index in [2.05, 4.69) is 0 Å². The SMILES string of the molecule is OC[C@@H]1[C@@H](O)[C@H](O)[C@@H](CO)N1O. The maximum Gasteiger partial charge on any atom is 0.102 e. The minimum atomic E-state index is -1.22. The predicted molar refractivity (Wildman–Crippen MR) is 37.4 cm³/mol. The Morgan fingerprint density at radius 1 is 0.917 bits per heavy atom. The second-order valence-electron chi connectivity index (χ2n) is 2.86. The summed E-state index contributed by atoms with van der Waals surface area (Å²) in [5, 5.41) is 45.6. The maximum atomic E-state index is 9.21. The molecule has 72 valence electrons. The Bertz CT molecular complexity index is 139. The van der Waals surface area contributed by atoms with Gasteiger partial charge < -0.3 is 25.6 Å². The lowest BCUT2D eigenvalue weighted by atomic mass is 10.1. The van der Waals surface area contributed by atoms with Crippen molar-refractivity contribution in [3.63, 3.8) is 0 Å². The minimum absolute atomic E-state index is 0.467. The number of hydroxylamine groups is 2. The molecule has 1 aliphatic heterocycles. The number of aliphatic hydroxyl groups excluding tert-OH is 4. The predicted octanol–water partition coefficient (Wildman–Crippen LogP) is -2.87. The van der Waals surface area contributed by atoms with Crippen LogP contribution in [0.3, 0.4) is 0 Å². The van der Waals surface area contributed by atoms with E-state index in [4.69, 9.17) is 10.2 Å². The Hall–Kier alpha value is -0.240. The van der Waals surface area contributed by atoms with Crippen molar-refractivity contribution in [2.24, 2.45) is 0 Å². The molecular weight excluding hydrogens is 166 g/mol. The van der Waals surface area contributed by atoms with Crippen LogP contribution in [0.2, 0.25) is 0 Å². The van der Waals surface area contributed by atoms with E-state index in [0.717, 1.165) is 0 Å². The molecule has 1 saturated heterocycles. The summed E-state index contributed by atoms with van der Waals surface area (Å²) in [5.41, 5.74) is 0. The van der Waals surface area contributed by atoms with Gasteiger partial charge in [0.1, 0.15) is 12.2 Å². The van der Waals surface area contributed by atoms with Crippen molar-refractivity contribution in [2.75, 3.05) is 13.2 Å². The van der Waals surface area contributed by atoms with E-state index >= 15 is 0 Å². The third-order valence-electron chi connectivity index (χ3n) is 2.19. The van der Waals surface area contributed by atoms with Crippen LogP contribution in [0.1, 0.15) is 0 Å². The van der Waals surface area contributed by atoms with E-state index in [1.165, 1.54) is 0 Å². The van der Waals surface area contributed by atoms with Crippen molar-refractivity contribution < 1.29 is 25.6 Å². The Morgan fingerprint density at radius 3 is 1.42 bits per heavy atom. The van der Waals surface area contributed by atoms with Crippen molar-refractivity contribution in [3.05, 3.63) is 0 Å². The summed E-state index contributed by atoms with van der Waals surface area (Å²) in [5.74, 6) is 0. The van der Waals surface area contributed by atoms with Crippen LogP contribution in [-0.4, -0.2) is 68.2 Å². The first kappa shape index (κ1) is 9.85. The van der Waals surface area contributed by atoms with Crippen LogP contribution in [0.4, 0.5) is 0 Å². The molecule has 6 nitrogen and oxygen atoms in total. The second-order valence-corrected chi connectivity index (χ2v) is 2.86. The number of aliphatic hydroxyl groups is 4. The molecule has 0 aromatic rings. The Morgan fingerprint density at radius 2 is 1.25 bits per heavy atom. The van der Waals surface area contributed by atoms with Crippen LogP contribution < -0.4 is 0 Å². The third kappa shape index (κ3) is 1.33. The highest BCUT2D eigenvalue weighted by Gasteiger charge is 2.46. The zero-order chi connectivity index (χ0) is 9.30. The molecule has 0 aromatic carbocycles. The first-order valence-electron chi connectivity index (χ1n) is 3.68. The molecule has 1 aliphatic rings. The van der Waals surface area contributed by atoms with E-state index < -0.39 is 37.5 Å². The summed E-state index contributed by atoms with van der Waals surface area (Å²) in [4.78, 5) is 0. The molecule has 4 atom stereocenters. The van der Waals surface area contributed by atoms with Crippen molar-refractivity contribution in [1.29, 1.82) is 0 Å². The third-order valence-corrected chi connectivity index (χ3v) is 2.19. The fourth-order valence-corrected chi connectivity index (χ4v) is 1.40. The normalized spacial score (nSPS) is 43.8. The molecule has 5 N–H and O–H groups in total. The van der Waals surface area contributed by atoms with Gasteiger partial charge >= 0.3 is 0 Å². The van der Waals surface area contributed by atoms with Crippen LogP contribution in [0, 0.1) is 0 Å². The molecule has 1 heterocycles. The highest BCUT2D eigenvalue weighted by atomic mass is 16.5. The van der Waals surface area contributed by atoms with Crippen LogP contribution in [0.25, 0.3) is 0 Å².